The van der Waals surface area contributed by atoms with Crippen LogP contribution in [0.3, 0.4) is 0 Å². The molecule has 0 spiro atoms. The summed E-state index contributed by atoms with van der Waals surface area (Å²) in [5.74, 6) is 0. The van der Waals surface area contributed by atoms with Gasteiger partial charge in [0.2, 0.25) is 0 Å². The van der Waals surface area contributed by atoms with Crippen LogP contribution in [0.2, 0.25) is 0 Å². The summed E-state index contributed by atoms with van der Waals surface area (Å²) in [6.07, 6.45) is 3.99. The summed E-state index contributed by atoms with van der Waals surface area (Å²) in [6.45, 7) is 7.31. The molecule has 1 fully saturated rings. The molecule has 2 nitrogen and oxygen atoms in total. The highest BCUT2D eigenvalue weighted by Gasteiger charge is 2.09. The average Bonchev–Trinajstić information content (AvgIpc) is 2.38. The third-order valence-electron chi connectivity index (χ3n) is 3.05. The van der Waals surface area contributed by atoms with Crippen molar-refractivity contribution in [3.63, 3.8) is 0 Å². The molecule has 1 N–H and O–H groups in total. The van der Waals surface area contributed by atoms with Gasteiger partial charge in [-0.25, -0.2) is 5.01 Å². The van der Waals surface area contributed by atoms with Gasteiger partial charge in [-0.05, 0) is 24.0 Å². The van der Waals surface area contributed by atoms with Crippen LogP contribution >= 0.6 is 0 Å². The normalized spacial score (nSPS) is 17.2. The van der Waals surface area contributed by atoms with Crippen molar-refractivity contribution in [2.45, 2.75) is 19.3 Å². The molecule has 1 aromatic rings. The Morgan fingerprint density at radius 1 is 1.12 bits per heavy atom. The molecule has 1 aromatic carbocycles. The van der Waals surface area contributed by atoms with E-state index in [0.29, 0.717) is 0 Å². The summed E-state index contributed by atoms with van der Waals surface area (Å²) < 4.78 is 0. The fraction of sp³-hybridized carbons (Fsp3) is 0.429. The van der Waals surface area contributed by atoms with Crippen LogP contribution in [0.5, 0.6) is 0 Å². The first-order valence-electron chi connectivity index (χ1n) is 6.08. The quantitative estimate of drug-likeness (QED) is 0.832. The fourth-order valence-corrected chi connectivity index (χ4v) is 2.04. The van der Waals surface area contributed by atoms with E-state index in [1.54, 1.807) is 0 Å². The van der Waals surface area contributed by atoms with E-state index in [9.17, 15) is 0 Å². The van der Waals surface area contributed by atoms with E-state index in [1.165, 1.54) is 37.9 Å². The Labute approximate surface area is 97.9 Å². The number of hydrogen-bond acceptors (Lipinski definition) is 2. The highest BCUT2D eigenvalue weighted by Crippen LogP contribution is 2.11. The van der Waals surface area contributed by atoms with E-state index >= 15 is 0 Å². The van der Waals surface area contributed by atoms with Crippen molar-refractivity contribution in [1.82, 2.24) is 10.4 Å². The van der Waals surface area contributed by atoms with Gasteiger partial charge in [-0.1, -0.05) is 43.3 Å². The van der Waals surface area contributed by atoms with Gasteiger partial charge in [-0.2, -0.15) is 0 Å². The molecule has 0 amide bonds. The highest BCUT2D eigenvalue weighted by atomic mass is 15.5. The Kier molecular flexibility index (Phi) is 4.14. The first-order chi connectivity index (χ1) is 7.86. The SMILES string of the molecule is C=C(CNN1CCCCC1)c1ccccc1. The lowest BCUT2D eigenvalue weighted by Crippen LogP contribution is -2.42. The molecule has 0 saturated carbocycles. The van der Waals surface area contributed by atoms with Crippen LogP contribution in [0.4, 0.5) is 0 Å². The highest BCUT2D eigenvalue weighted by molar-refractivity contribution is 5.64. The van der Waals surface area contributed by atoms with Crippen LogP contribution in [-0.2, 0) is 0 Å². The number of piperidine rings is 1. The van der Waals surface area contributed by atoms with Gasteiger partial charge >= 0.3 is 0 Å². The van der Waals surface area contributed by atoms with Gasteiger partial charge in [-0.15, -0.1) is 0 Å². The molecule has 2 rings (SSSR count). The summed E-state index contributed by atoms with van der Waals surface area (Å²) in [6, 6.07) is 10.4. The first-order valence-corrected chi connectivity index (χ1v) is 6.08. The predicted molar refractivity (Wildman–Crippen MR) is 68.9 cm³/mol. The van der Waals surface area contributed by atoms with Crippen LogP contribution in [0.25, 0.3) is 5.57 Å². The summed E-state index contributed by atoms with van der Waals surface area (Å²) in [5, 5.41) is 2.32. The lowest BCUT2D eigenvalue weighted by molar-refractivity contribution is 0.164. The minimum atomic E-state index is 0.851. The lowest BCUT2D eigenvalue weighted by atomic mass is 10.1. The molecular formula is C14H20N2. The van der Waals surface area contributed by atoms with Crippen molar-refractivity contribution in [3.8, 4) is 0 Å². The van der Waals surface area contributed by atoms with Crippen molar-refractivity contribution < 1.29 is 0 Å². The van der Waals surface area contributed by atoms with Crippen LogP contribution in [0, 0.1) is 0 Å². The van der Waals surface area contributed by atoms with Crippen LogP contribution in [0.15, 0.2) is 36.9 Å². The Hall–Kier alpha value is -1.12. The topological polar surface area (TPSA) is 15.3 Å². The van der Waals surface area contributed by atoms with E-state index in [1.807, 2.05) is 6.07 Å². The van der Waals surface area contributed by atoms with Crippen molar-refractivity contribution in [2.24, 2.45) is 0 Å². The predicted octanol–water partition coefficient (Wildman–Crippen LogP) is 2.69. The fourth-order valence-electron chi connectivity index (χ4n) is 2.04. The minimum absolute atomic E-state index is 0.851. The van der Waals surface area contributed by atoms with Gasteiger partial charge in [-0.3, -0.25) is 5.43 Å². The zero-order valence-corrected chi connectivity index (χ0v) is 9.78. The molecule has 1 aliphatic rings. The molecule has 2 heteroatoms. The number of nitrogens with one attached hydrogen (secondary N) is 1. The Morgan fingerprint density at radius 2 is 1.81 bits per heavy atom. The van der Waals surface area contributed by atoms with Crippen molar-refractivity contribution >= 4 is 5.57 Å². The second-order valence-corrected chi connectivity index (χ2v) is 4.35. The van der Waals surface area contributed by atoms with Crippen molar-refractivity contribution in [3.05, 3.63) is 42.5 Å². The molecule has 0 bridgehead atoms. The zero-order valence-electron chi connectivity index (χ0n) is 9.78. The van der Waals surface area contributed by atoms with Gasteiger partial charge in [0.15, 0.2) is 0 Å². The Morgan fingerprint density at radius 3 is 2.50 bits per heavy atom. The number of hydrogen-bond donors (Lipinski definition) is 1. The second-order valence-electron chi connectivity index (χ2n) is 4.35. The largest absolute Gasteiger partial charge is 0.251 e. The molecular weight excluding hydrogens is 196 g/mol. The molecule has 0 aromatic heterocycles. The molecule has 0 unspecified atom stereocenters. The number of nitrogens with zero attached hydrogens (tertiary/aromatic N) is 1. The molecule has 1 saturated heterocycles. The maximum absolute atomic E-state index is 4.12. The molecule has 0 radical (unpaired) electrons. The zero-order chi connectivity index (χ0) is 11.2. The third kappa shape index (κ3) is 3.19. The number of rotatable bonds is 4. The second kappa shape index (κ2) is 5.83. The van der Waals surface area contributed by atoms with E-state index in [-0.39, 0.29) is 0 Å². The molecule has 1 aliphatic heterocycles. The van der Waals surface area contributed by atoms with Gasteiger partial charge in [0, 0.05) is 19.6 Å². The van der Waals surface area contributed by atoms with E-state index in [2.05, 4.69) is 41.3 Å². The van der Waals surface area contributed by atoms with Gasteiger partial charge in [0.25, 0.3) is 0 Å². The van der Waals surface area contributed by atoms with E-state index in [0.717, 1.165) is 12.1 Å². The van der Waals surface area contributed by atoms with Crippen molar-refractivity contribution in [2.75, 3.05) is 19.6 Å². The molecule has 86 valence electrons. The van der Waals surface area contributed by atoms with Crippen molar-refractivity contribution in [1.29, 1.82) is 0 Å². The lowest BCUT2D eigenvalue weighted by Gasteiger charge is -2.27. The van der Waals surface area contributed by atoms with E-state index < -0.39 is 0 Å². The van der Waals surface area contributed by atoms with Gasteiger partial charge < -0.3 is 0 Å². The summed E-state index contributed by atoms with van der Waals surface area (Å²) in [7, 11) is 0. The molecule has 1 heterocycles. The van der Waals surface area contributed by atoms with Crippen LogP contribution in [-0.4, -0.2) is 24.6 Å². The maximum Gasteiger partial charge on any atom is 0.0353 e. The summed E-state index contributed by atoms with van der Waals surface area (Å²) >= 11 is 0. The van der Waals surface area contributed by atoms with Gasteiger partial charge in [0.1, 0.15) is 0 Å². The molecule has 16 heavy (non-hydrogen) atoms. The minimum Gasteiger partial charge on any atom is -0.251 e. The Balaban J connectivity index is 1.79. The van der Waals surface area contributed by atoms with Gasteiger partial charge in [0.05, 0.1) is 0 Å². The Bertz CT molecular complexity index is 326. The molecule has 0 aliphatic carbocycles. The maximum atomic E-state index is 4.12. The standard InChI is InChI=1S/C14H20N2/c1-13(14-8-4-2-5-9-14)12-15-16-10-6-3-7-11-16/h2,4-5,8-9,15H,1,3,6-7,10-12H2. The summed E-state index contributed by atoms with van der Waals surface area (Å²) in [5.41, 5.74) is 5.84. The average molecular weight is 216 g/mol. The van der Waals surface area contributed by atoms with Crippen LogP contribution in [0.1, 0.15) is 24.8 Å². The van der Waals surface area contributed by atoms with E-state index in [4.69, 9.17) is 0 Å². The first kappa shape index (κ1) is 11.4. The van der Waals surface area contributed by atoms with Crippen LogP contribution < -0.4 is 5.43 Å². The summed E-state index contributed by atoms with van der Waals surface area (Å²) in [4.78, 5) is 0. The molecule has 0 atom stereocenters. The monoisotopic (exact) mass is 216 g/mol. The number of hydrazine groups is 1. The number of benzene rings is 1. The smallest absolute Gasteiger partial charge is 0.0353 e. The third-order valence-corrected chi connectivity index (χ3v) is 3.05.